The second kappa shape index (κ2) is 8.86. The zero-order valence-corrected chi connectivity index (χ0v) is 19.1. The van der Waals surface area contributed by atoms with Crippen molar-refractivity contribution in [2.75, 3.05) is 7.11 Å². The van der Waals surface area contributed by atoms with Gasteiger partial charge < -0.3 is 14.5 Å². The molecule has 9 heteroatoms. The summed E-state index contributed by atoms with van der Waals surface area (Å²) >= 11 is 12.0. The van der Waals surface area contributed by atoms with Crippen LogP contribution >= 0.6 is 23.2 Å². The lowest BCUT2D eigenvalue weighted by atomic mass is 10.2. The number of methoxy groups -OCH3 is 1. The van der Waals surface area contributed by atoms with E-state index >= 15 is 0 Å². The summed E-state index contributed by atoms with van der Waals surface area (Å²) in [5.74, 6) is -0.367. The Morgan fingerprint density at radius 1 is 0.969 bits per heavy atom. The van der Waals surface area contributed by atoms with Gasteiger partial charge in [-0.3, -0.25) is 0 Å². The highest BCUT2D eigenvalue weighted by Crippen LogP contribution is 2.36. The van der Waals surface area contributed by atoms with Crippen LogP contribution in [-0.2, 0) is 21.2 Å². The number of ether oxygens (including phenoxy) is 2. The number of halogens is 2. The number of H-pyrrole nitrogens is 1. The Kier molecular flexibility index (Phi) is 6.15. The number of fused-ring (bicyclic) bond motifs is 1. The molecule has 0 aliphatic carbocycles. The van der Waals surface area contributed by atoms with E-state index in [1.54, 1.807) is 18.2 Å². The topological polar surface area (TPSA) is 85.5 Å². The van der Waals surface area contributed by atoms with E-state index in [0.29, 0.717) is 23.3 Å². The Morgan fingerprint density at radius 3 is 2.41 bits per heavy atom. The van der Waals surface area contributed by atoms with E-state index in [0.717, 1.165) is 5.56 Å². The van der Waals surface area contributed by atoms with E-state index in [2.05, 4.69) is 4.98 Å². The Labute approximate surface area is 194 Å². The first-order valence-corrected chi connectivity index (χ1v) is 11.7. The van der Waals surface area contributed by atoms with E-state index in [-0.39, 0.29) is 25.5 Å². The highest BCUT2D eigenvalue weighted by atomic mass is 35.5. The Morgan fingerprint density at radius 2 is 1.72 bits per heavy atom. The molecule has 164 valence electrons. The van der Waals surface area contributed by atoms with E-state index in [4.69, 9.17) is 32.7 Å². The first-order chi connectivity index (χ1) is 15.3. The van der Waals surface area contributed by atoms with Gasteiger partial charge in [-0.05, 0) is 42.0 Å². The Balaban J connectivity index is 1.84. The average molecular weight is 490 g/mol. The quantitative estimate of drug-likeness (QED) is 0.352. The van der Waals surface area contributed by atoms with Crippen LogP contribution in [0.25, 0.3) is 10.9 Å². The summed E-state index contributed by atoms with van der Waals surface area (Å²) in [4.78, 5) is 14.9. The van der Waals surface area contributed by atoms with Gasteiger partial charge in [-0.2, -0.15) is 0 Å². The lowest BCUT2D eigenvalue weighted by Crippen LogP contribution is -2.10. The number of hydrogen-bond acceptors (Lipinski definition) is 5. The minimum Gasteiger partial charge on any atom is -0.489 e. The van der Waals surface area contributed by atoms with E-state index in [1.165, 1.54) is 25.3 Å². The van der Waals surface area contributed by atoms with Crippen molar-refractivity contribution < 1.29 is 22.7 Å². The van der Waals surface area contributed by atoms with E-state index in [1.807, 2.05) is 30.3 Å². The van der Waals surface area contributed by atoms with Crippen molar-refractivity contribution in [2.45, 2.75) is 16.4 Å². The minimum absolute atomic E-state index is 0.0825. The lowest BCUT2D eigenvalue weighted by molar-refractivity contribution is 0.0590. The maximum atomic E-state index is 13.5. The van der Waals surface area contributed by atoms with Crippen molar-refractivity contribution in [1.29, 1.82) is 0 Å². The van der Waals surface area contributed by atoms with Gasteiger partial charge in [0, 0.05) is 10.9 Å². The van der Waals surface area contributed by atoms with Crippen molar-refractivity contribution in [3.05, 3.63) is 88.0 Å². The minimum atomic E-state index is -4.16. The first-order valence-electron chi connectivity index (χ1n) is 9.42. The van der Waals surface area contributed by atoms with Crippen LogP contribution in [0.4, 0.5) is 0 Å². The largest absolute Gasteiger partial charge is 0.489 e. The third kappa shape index (κ3) is 4.19. The van der Waals surface area contributed by atoms with Gasteiger partial charge in [0.1, 0.15) is 22.9 Å². The molecule has 3 aromatic carbocycles. The van der Waals surface area contributed by atoms with Gasteiger partial charge in [0.25, 0.3) is 0 Å². The molecule has 0 radical (unpaired) electrons. The van der Waals surface area contributed by atoms with Crippen LogP contribution in [0, 0.1) is 0 Å². The standard InChI is InChI=1S/C23H17Cl2NO5S/c1-30-23(27)21-22(32(28,29)16-8-9-18(24)19(25)12-16)17-11-15(7-10-20(17)26-21)31-13-14-5-3-2-4-6-14/h2-12,26H,13H2,1H3. The average Bonchev–Trinajstić information content (AvgIpc) is 3.19. The summed E-state index contributed by atoms with van der Waals surface area (Å²) in [6.45, 7) is 0.301. The Bertz CT molecular complexity index is 1420. The molecule has 1 N–H and O–H groups in total. The summed E-state index contributed by atoms with van der Waals surface area (Å²) in [7, 11) is -2.98. The monoisotopic (exact) mass is 489 g/mol. The number of carbonyl (C=O) groups excluding carboxylic acids is 1. The molecule has 0 bridgehead atoms. The fraction of sp³-hybridized carbons (Fsp3) is 0.0870. The molecular formula is C23H17Cl2NO5S. The van der Waals surface area contributed by atoms with Crippen LogP contribution in [-0.4, -0.2) is 26.5 Å². The third-order valence-corrected chi connectivity index (χ3v) is 7.41. The predicted octanol–water partition coefficient (Wildman–Crippen LogP) is 5.67. The second-order valence-electron chi connectivity index (χ2n) is 6.88. The molecule has 0 saturated heterocycles. The molecule has 4 aromatic rings. The highest BCUT2D eigenvalue weighted by Gasteiger charge is 2.30. The number of rotatable bonds is 6. The van der Waals surface area contributed by atoms with Crippen molar-refractivity contribution in [1.82, 2.24) is 4.98 Å². The molecule has 0 aliphatic heterocycles. The fourth-order valence-corrected chi connectivity index (χ4v) is 5.24. The number of hydrogen-bond donors (Lipinski definition) is 1. The predicted molar refractivity (Wildman–Crippen MR) is 122 cm³/mol. The third-order valence-electron chi connectivity index (χ3n) is 4.83. The summed E-state index contributed by atoms with van der Waals surface area (Å²) < 4.78 is 37.7. The molecule has 4 rings (SSSR count). The highest BCUT2D eigenvalue weighted by molar-refractivity contribution is 7.91. The number of carbonyl (C=O) groups is 1. The van der Waals surface area contributed by atoms with Crippen LogP contribution in [0.3, 0.4) is 0 Å². The molecule has 0 unspecified atom stereocenters. The van der Waals surface area contributed by atoms with Crippen LogP contribution < -0.4 is 4.74 Å². The van der Waals surface area contributed by atoms with Gasteiger partial charge in [-0.25, -0.2) is 13.2 Å². The van der Waals surface area contributed by atoms with Gasteiger partial charge in [-0.1, -0.05) is 53.5 Å². The molecule has 0 fully saturated rings. The molecule has 0 spiro atoms. The molecule has 0 atom stereocenters. The summed E-state index contributed by atoms with van der Waals surface area (Å²) in [6, 6.07) is 18.4. The van der Waals surface area contributed by atoms with Crippen LogP contribution in [0.15, 0.2) is 76.5 Å². The molecule has 0 saturated carbocycles. The second-order valence-corrected chi connectivity index (χ2v) is 9.58. The van der Waals surface area contributed by atoms with Gasteiger partial charge >= 0.3 is 5.97 Å². The lowest BCUT2D eigenvalue weighted by Gasteiger charge is -2.09. The van der Waals surface area contributed by atoms with E-state index in [9.17, 15) is 13.2 Å². The van der Waals surface area contributed by atoms with Crippen molar-refractivity contribution in [3.63, 3.8) is 0 Å². The Hall–Kier alpha value is -3.00. The zero-order valence-electron chi connectivity index (χ0n) is 16.8. The van der Waals surface area contributed by atoms with Crippen LogP contribution in [0.2, 0.25) is 10.0 Å². The molecular weight excluding hydrogens is 473 g/mol. The maximum absolute atomic E-state index is 13.5. The number of aromatic nitrogens is 1. The molecule has 0 aliphatic rings. The van der Waals surface area contributed by atoms with Crippen molar-refractivity contribution in [3.8, 4) is 5.75 Å². The molecule has 1 aromatic heterocycles. The molecule has 6 nitrogen and oxygen atoms in total. The smallest absolute Gasteiger partial charge is 0.355 e. The number of nitrogens with one attached hydrogen (secondary N) is 1. The number of benzene rings is 3. The SMILES string of the molecule is COC(=O)c1[nH]c2ccc(OCc3ccccc3)cc2c1S(=O)(=O)c1ccc(Cl)c(Cl)c1. The summed E-state index contributed by atoms with van der Waals surface area (Å²) in [5, 5.41) is 0.593. The first kappa shape index (κ1) is 22.2. The zero-order chi connectivity index (χ0) is 22.9. The summed E-state index contributed by atoms with van der Waals surface area (Å²) in [5.41, 5.74) is 1.21. The van der Waals surface area contributed by atoms with Gasteiger partial charge in [0.05, 0.1) is 22.1 Å². The van der Waals surface area contributed by atoms with Crippen molar-refractivity contribution >= 4 is 49.9 Å². The van der Waals surface area contributed by atoms with Crippen LogP contribution in [0.5, 0.6) is 5.75 Å². The maximum Gasteiger partial charge on any atom is 0.355 e. The molecule has 1 heterocycles. The number of esters is 1. The van der Waals surface area contributed by atoms with E-state index < -0.39 is 15.8 Å². The van der Waals surface area contributed by atoms with Crippen molar-refractivity contribution in [2.24, 2.45) is 0 Å². The fourth-order valence-electron chi connectivity index (χ4n) is 3.26. The number of sulfone groups is 1. The normalized spacial score (nSPS) is 11.5. The van der Waals surface area contributed by atoms with Gasteiger partial charge in [0.2, 0.25) is 9.84 Å². The van der Waals surface area contributed by atoms with Gasteiger partial charge in [0.15, 0.2) is 0 Å². The summed E-state index contributed by atoms with van der Waals surface area (Å²) in [6.07, 6.45) is 0. The number of aromatic amines is 1. The molecule has 32 heavy (non-hydrogen) atoms. The van der Waals surface area contributed by atoms with Crippen LogP contribution in [0.1, 0.15) is 16.1 Å². The van der Waals surface area contributed by atoms with Gasteiger partial charge in [-0.15, -0.1) is 0 Å². The molecule has 0 amide bonds.